The average Bonchev–Trinajstić information content (AvgIpc) is 3.98. The van der Waals surface area contributed by atoms with Gasteiger partial charge in [-0.3, -0.25) is 34.4 Å². The number of methoxy groups -OCH3 is 1. The normalized spacial score (nSPS) is 25.7. The fraction of sp³-hybridized carbons (Fsp3) is 0.542. The third kappa shape index (κ3) is 7.64. The number of rotatable bonds is 11. The summed E-state index contributed by atoms with van der Waals surface area (Å²) in [6.07, 6.45) is 9.21. The van der Waals surface area contributed by atoms with Crippen molar-refractivity contribution in [3.05, 3.63) is 76.1 Å². The molecule has 7 heterocycles. The van der Waals surface area contributed by atoms with Crippen LogP contribution in [0.25, 0.3) is 5.65 Å². The lowest BCUT2D eigenvalue weighted by Gasteiger charge is -2.57. The van der Waals surface area contributed by atoms with Crippen LogP contribution in [0.5, 0.6) is 0 Å². The Bertz CT molecular complexity index is 2590. The highest BCUT2D eigenvalue weighted by molar-refractivity contribution is 6.34. The first-order valence-electron chi connectivity index (χ1n) is 23.6. The second-order valence-corrected chi connectivity index (χ2v) is 20.2. The number of aromatic nitrogens is 3. The number of anilines is 4. The number of hydrogen-bond acceptors (Lipinski definition) is 11. The number of amides is 5. The first-order valence-corrected chi connectivity index (χ1v) is 23.9. The van der Waals surface area contributed by atoms with Crippen LogP contribution in [-0.4, -0.2) is 143 Å². The molecule has 16 nitrogen and oxygen atoms in total. The quantitative estimate of drug-likeness (QED) is 0.173. The lowest BCUT2D eigenvalue weighted by molar-refractivity contribution is -0.120. The van der Waals surface area contributed by atoms with Crippen LogP contribution in [0.15, 0.2) is 48.7 Å². The van der Waals surface area contributed by atoms with Crippen LogP contribution in [0.2, 0.25) is 5.02 Å². The van der Waals surface area contributed by atoms with Gasteiger partial charge >= 0.3 is 6.03 Å². The number of piperazine rings is 1. The van der Waals surface area contributed by atoms with Gasteiger partial charge in [-0.05, 0) is 98.6 Å². The Balaban J connectivity index is 0.703. The zero-order valence-electron chi connectivity index (χ0n) is 37.5. The number of nitrogens with one attached hydrogen (secondary N) is 3. The molecule has 2 bridgehead atoms. The van der Waals surface area contributed by atoms with Crippen molar-refractivity contribution in [3.63, 3.8) is 0 Å². The summed E-state index contributed by atoms with van der Waals surface area (Å²) in [4.78, 5) is 66.4. The molecule has 66 heavy (non-hydrogen) atoms. The molecule has 3 N–H and O–H groups in total. The van der Waals surface area contributed by atoms with Crippen molar-refractivity contribution < 1.29 is 28.3 Å². The Hall–Kier alpha value is -5.36. The molecule has 0 radical (unpaired) electrons. The van der Waals surface area contributed by atoms with E-state index in [1.165, 1.54) is 16.0 Å². The van der Waals surface area contributed by atoms with Crippen LogP contribution in [0.4, 0.5) is 32.1 Å². The van der Waals surface area contributed by atoms with Crippen LogP contribution in [-0.2, 0) is 22.5 Å². The van der Waals surface area contributed by atoms with E-state index < -0.39 is 11.7 Å². The van der Waals surface area contributed by atoms with E-state index in [1.807, 2.05) is 18.0 Å². The molecule has 5 amide bonds. The number of hydrogen-bond donors (Lipinski definition) is 3. The molecule has 7 aliphatic rings. The standard InChI is InChI=1S/C48H57ClFN11O5/c1-51-36-21-41(55-61-39(22-52-43(36)61)44(63)53-35-10-11-40(35)66-2)58-16-12-33-30(4-3-5-37(33)58)23-56-24-31-7-8-32(25-56)60(31)28-48(50)26-47(27-48)14-18-57(19-15-47)45(64)29-6-9-34(49)38(20-29)59-17-13-42(62)54-46(59)65/h3-6,9,20-22,31-32,35,40,51H,7-8,10-19,23-28H2,1-2H3,(H,53,63)(H,54,62,65)/t31?,32?,35-,40-/m1/s1. The second-order valence-electron chi connectivity index (χ2n) is 19.8. The zero-order chi connectivity index (χ0) is 45.5. The van der Waals surface area contributed by atoms with Crippen molar-refractivity contribution in [1.29, 1.82) is 0 Å². The number of likely N-dealkylation sites (tertiary alicyclic amines) is 2. The van der Waals surface area contributed by atoms with Crippen molar-refractivity contribution in [2.75, 3.05) is 75.1 Å². The van der Waals surface area contributed by atoms with Gasteiger partial charge in [0.2, 0.25) is 5.91 Å². The molecule has 2 aliphatic carbocycles. The minimum Gasteiger partial charge on any atom is -0.385 e. The minimum absolute atomic E-state index is 0.0220. The molecule has 2 saturated carbocycles. The topological polar surface area (TPSA) is 160 Å². The largest absolute Gasteiger partial charge is 0.385 e. The lowest BCUT2D eigenvalue weighted by Crippen LogP contribution is -2.62. The molecule has 5 aliphatic heterocycles. The molecule has 348 valence electrons. The Labute approximate surface area is 388 Å². The summed E-state index contributed by atoms with van der Waals surface area (Å²) < 4.78 is 23.9. The Morgan fingerprint density at radius 1 is 0.955 bits per heavy atom. The van der Waals surface area contributed by atoms with Gasteiger partial charge in [0, 0.05) is 102 Å². The van der Waals surface area contributed by atoms with E-state index in [0.717, 1.165) is 88.3 Å². The SMILES string of the molecule is CNc1cc(N2CCc3c(CN4CC5CCC(C4)N5CC4(F)CC5(CCN(C(=O)c6ccc(Cl)c(N7CCC(=O)NC7=O)c6)CC5)C4)cccc32)nn2c(C(=O)N[C@@H]3CC[C@H]3OC)cnc12. The maximum atomic E-state index is 16.7. The van der Waals surface area contributed by atoms with Gasteiger partial charge in [0.1, 0.15) is 5.67 Å². The number of imidazole rings is 1. The molecule has 2 aromatic heterocycles. The molecule has 2 unspecified atom stereocenters. The molecule has 4 aromatic rings. The fourth-order valence-corrected chi connectivity index (χ4v) is 12.5. The highest BCUT2D eigenvalue weighted by atomic mass is 35.5. The zero-order valence-corrected chi connectivity index (χ0v) is 38.3. The molecular weight excluding hydrogens is 865 g/mol. The van der Waals surface area contributed by atoms with E-state index in [9.17, 15) is 19.2 Å². The van der Waals surface area contributed by atoms with E-state index in [1.54, 1.807) is 36.0 Å². The van der Waals surface area contributed by atoms with Crippen molar-refractivity contribution in [1.82, 2.24) is 39.9 Å². The molecular formula is C48H57ClFN11O5. The summed E-state index contributed by atoms with van der Waals surface area (Å²) >= 11 is 6.44. The van der Waals surface area contributed by atoms with Crippen LogP contribution in [0, 0.1) is 5.41 Å². The van der Waals surface area contributed by atoms with Gasteiger partial charge in [-0.1, -0.05) is 23.7 Å². The summed E-state index contributed by atoms with van der Waals surface area (Å²) in [6, 6.07) is 13.5. The molecule has 2 aromatic carbocycles. The van der Waals surface area contributed by atoms with E-state index in [0.29, 0.717) is 72.2 Å². The average molecular weight is 923 g/mol. The number of carbonyl (C=O) groups excluding carboxylic acids is 4. The number of halogens is 2. The Morgan fingerprint density at radius 3 is 2.44 bits per heavy atom. The van der Waals surface area contributed by atoms with Crippen LogP contribution < -0.4 is 25.8 Å². The summed E-state index contributed by atoms with van der Waals surface area (Å²) in [5, 5.41) is 14.0. The molecule has 6 fully saturated rings. The van der Waals surface area contributed by atoms with E-state index >= 15 is 4.39 Å². The highest BCUT2D eigenvalue weighted by Gasteiger charge is 2.58. The van der Waals surface area contributed by atoms with Gasteiger partial charge < -0.3 is 25.2 Å². The van der Waals surface area contributed by atoms with Gasteiger partial charge in [-0.2, -0.15) is 0 Å². The smallest absolute Gasteiger partial charge is 0.328 e. The first kappa shape index (κ1) is 43.2. The summed E-state index contributed by atoms with van der Waals surface area (Å²) in [5.41, 5.74) is 5.04. The summed E-state index contributed by atoms with van der Waals surface area (Å²) in [5.74, 6) is 0.0538. The number of piperidine rings is 1. The van der Waals surface area contributed by atoms with E-state index in [-0.39, 0.29) is 48.2 Å². The lowest BCUT2D eigenvalue weighted by atomic mass is 9.55. The summed E-state index contributed by atoms with van der Waals surface area (Å²) in [7, 11) is 3.53. The van der Waals surface area contributed by atoms with Crippen LogP contribution in [0.1, 0.15) is 89.8 Å². The number of ether oxygens (including phenoxy) is 1. The summed E-state index contributed by atoms with van der Waals surface area (Å²) in [6.45, 7) is 5.21. The highest BCUT2D eigenvalue weighted by Crippen LogP contribution is 2.57. The minimum atomic E-state index is -1.23. The number of benzene rings is 2. The van der Waals surface area contributed by atoms with Crippen LogP contribution >= 0.6 is 11.6 Å². The van der Waals surface area contributed by atoms with Crippen molar-refractivity contribution in [2.24, 2.45) is 5.41 Å². The third-order valence-corrected chi connectivity index (χ3v) is 16.1. The van der Waals surface area contributed by atoms with Crippen molar-refractivity contribution in [3.8, 4) is 0 Å². The number of alkyl halides is 1. The van der Waals surface area contributed by atoms with Gasteiger partial charge in [-0.15, -0.1) is 5.10 Å². The molecule has 4 saturated heterocycles. The van der Waals surface area contributed by atoms with Gasteiger partial charge in [0.05, 0.1) is 34.7 Å². The van der Waals surface area contributed by atoms with E-state index in [4.69, 9.17) is 21.4 Å². The number of urea groups is 1. The Morgan fingerprint density at radius 2 is 1.73 bits per heavy atom. The Kier molecular flexibility index (Phi) is 11.0. The molecule has 1 spiro atoms. The van der Waals surface area contributed by atoms with Crippen LogP contribution in [0.3, 0.4) is 0 Å². The second kappa shape index (κ2) is 16.8. The maximum Gasteiger partial charge on any atom is 0.328 e. The predicted octanol–water partition coefficient (Wildman–Crippen LogP) is 5.55. The number of carbonyl (C=O) groups is 4. The molecule has 4 atom stereocenters. The predicted molar refractivity (Wildman–Crippen MR) is 247 cm³/mol. The number of nitrogens with zero attached hydrogens (tertiary/aromatic N) is 8. The fourth-order valence-electron chi connectivity index (χ4n) is 12.3. The molecule has 18 heteroatoms. The van der Waals surface area contributed by atoms with Gasteiger partial charge in [0.25, 0.3) is 11.8 Å². The monoisotopic (exact) mass is 921 g/mol. The molecule has 11 rings (SSSR count). The van der Waals surface area contributed by atoms with Crippen molar-refractivity contribution in [2.45, 2.75) is 101 Å². The van der Waals surface area contributed by atoms with E-state index in [2.05, 4.69) is 53.8 Å². The van der Waals surface area contributed by atoms with Gasteiger partial charge in [0.15, 0.2) is 17.2 Å². The maximum absolute atomic E-state index is 16.7. The first-order chi connectivity index (χ1) is 31.9. The van der Waals surface area contributed by atoms with Gasteiger partial charge in [-0.25, -0.2) is 18.7 Å². The number of fused-ring (bicyclic) bond motifs is 4. The third-order valence-electron chi connectivity index (χ3n) is 15.8. The number of imide groups is 1. The van der Waals surface area contributed by atoms with Crippen molar-refractivity contribution >= 4 is 63.9 Å².